The second kappa shape index (κ2) is 11.0. The number of allylic oxidation sites excluding steroid dienone is 1. The Balaban J connectivity index is 0.00000370. The molecule has 1 fully saturated rings. The molecule has 1 atom stereocenters. The number of fused-ring (bicyclic) bond motifs is 1. The number of aliphatic imine (C=N–C) groups is 1. The molecule has 0 bridgehead atoms. The molecule has 1 aliphatic rings. The maximum atomic E-state index is 15.4. The maximum absolute atomic E-state index is 15.4. The van der Waals surface area contributed by atoms with Crippen LogP contribution in [0.15, 0.2) is 77.9 Å². The Bertz CT molecular complexity index is 1550. The first-order valence-corrected chi connectivity index (χ1v) is 13.1. The topological polar surface area (TPSA) is 45.5 Å². The van der Waals surface area contributed by atoms with Gasteiger partial charge in [0.05, 0.1) is 22.4 Å². The van der Waals surface area contributed by atoms with E-state index >= 15 is 4.39 Å². The van der Waals surface area contributed by atoms with Gasteiger partial charge in [-0.05, 0) is 75.6 Å². The van der Waals surface area contributed by atoms with Crippen molar-refractivity contribution in [2.24, 2.45) is 4.99 Å². The van der Waals surface area contributed by atoms with Crippen LogP contribution in [0, 0.1) is 18.6 Å². The van der Waals surface area contributed by atoms with Crippen LogP contribution in [0.25, 0.3) is 11.0 Å². The zero-order valence-electron chi connectivity index (χ0n) is 22.4. The minimum Gasteiger partial charge on any atom is -0.380 e. The van der Waals surface area contributed by atoms with E-state index in [0.717, 1.165) is 29.4 Å². The fraction of sp³-hybridized carbons (Fsp3) is 0.290. The molecule has 0 aliphatic carbocycles. The first kappa shape index (κ1) is 26.5. The fourth-order valence-electron chi connectivity index (χ4n) is 5.20. The van der Waals surface area contributed by atoms with Gasteiger partial charge in [-0.1, -0.05) is 30.8 Å². The summed E-state index contributed by atoms with van der Waals surface area (Å²) in [5.41, 5.74) is 4.92. The number of piperidine rings is 1. The second-order valence-electron chi connectivity index (χ2n) is 10.1. The lowest BCUT2D eigenvalue weighted by molar-refractivity contribution is 0.274. The highest BCUT2D eigenvalue weighted by molar-refractivity contribution is 6.14. The molecular formula is C31H34F3N5. The van der Waals surface area contributed by atoms with E-state index in [1.165, 1.54) is 25.1 Å². The second-order valence-corrected chi connectivity index (χ2v) is 10.1. The molecule has 5 nitrogen and oxygen atoms in total. The van der Waals surface area contributed by atoms with Crippen LogP contribution in [0.1, 0.15) is 51.1 Å². The number of rotatable bonds is 7. The summed E-state index contributed by atoms with van der Waals surface area (Å²) < 4.78 is 45.5. The van der Waals surface area contributed by atoms with Crippen molar-refractivity contribution in [2.75, 3.05) is 23.3 Å². The number of hydrogen-bond acceptors (Lipinski definition) is 4. The van der Waals surface area contributed by atoms with E-state index in [4.69, 9.17) is 4.98 Å². The molecule has 8 heteroatoms. The number of nitrogens with zero attached hydrogens (tertiary/aromatic N) is 4. The largest absolute Gasteiger partial charge is 0.380 e. The Morgan fingerprint density at radius 2 is 1.85 bits per heavy atom. The van der Waals surface area contributed by atoms with Gasteiger partial charge in [0.1, 0.15) is 11.6 Å². The predicted molar refractivity (Wildman–Crippen MR) is 155 cm³/mol. The molecule has 204 valence electrons. The summed E-state index contributed by atoms with van der Waals surface area (Å²) in [5.74, 6) is -0.171. The number of alkyl halides is 1. The first-order valence-electron chi connectivity index (χ1n) is 13.1. The Kier molecular flexibility index (Phi) is 7.46. The lowest BCUT2D eigenvalue weighted by Gasteiger charge is -2.34. The summed E-state index contributed by atoms with van der Waals surface area (Å²) in [7, 11) is 0. The van der Waals surface area contributed by atoms with Gasteiger partial charge in [0.25, 0.3) is 0 Å². The van der Waals surface area contributed by atoms with Crippen molar-refractivity contribution < 1.29 is 14.6 Å². The zero-order valence-corrected chi connectivity index (χ0v) is 22.4. The van der Waals surface area contributed by atoms with E-state index in [0.29, 0.717) is 47.3 Å². The molecule has 1 saturated heterocycles. The Labute approximate surface area is 228 Å². The number of anilines is 2. The van der Waals surface area contributed by atoms with Gasteiger partial charge in [-0.25, -0.2) is 18.2 Å². The van der Waals surface area contributed by atoms with E-state index < -0.39 is 12.1 Å². The third-order valence-corrected chi connectivity index (χ3v) is 7.04. The average Bonchev–Trinajstić information content (AvgIpc) is 3.30. The standard InChI is InChI=1S/C31H32F3N5.H2/c1-19(2)35-30(22-8-7-9-23(33)17-22)25-18-26(34)28(16-20(25)3)36-24-12-14-38(15-13-24)31-37-27-10-5-6-11-29(27)39(31)21(4)32;/h5-11,16-18,21,24,36H,1,12-15H2,2-4H3;1H. The molecule has 0 saturated carbocycles. The minimum atomic E-state index is -1.20. The molecule has 1 N–H and O–H groups in total. The third kappa shape index (κ3) is 5.55. The number of hydrogen-bond donors (Lipinski definition) is 1. The Morgan fingerprint density at radius 3 is 2.54 bits per heavy atom. The van der Waals surface area contributed by atoms with Crippen molar-refractivity contribution in [1.29, 1.82) is 0 Å². The van der Waals surface area contributed by atoms with Crippen LogP contribution in [0.4, 0.5) is 24.8 Å². The average molecular weight is 534 g/mol. The smallest absolute Gasteiger partial charge is 0.208 e. The molecule has 1 unspecified atom stereocenters. The molecule has 3 aromatic carbocycles. The predicted octanol–water partition coefficient (Wildman–Crippen LogP) is 7.81. The quantitative estimate of drug-likeness (QED) is 0.247. The number of halogens is 3. The van der Waals surface area contributed by atoms with Crippen molar-refractivity contribution in [3.8, 4) is 0 Å². The third-order valence-electron chi connectivity index (χ3n) is 7.04. The van der Waals surface area contributed by atoms with Crippen molar-refractivity contribution in [1.82, 2.24) is 9.55 Å². The number of imidazole rings is 1. The van der Waals surface area contributed by atoms with Crippen LogP contribution in [0.2, 0.25) is 0 Å². The van der Waals surface area contributed by atoms with Gasteiger partial charge in [0.15, 0.2) is 6.30 Å². The van der Waals surface area contributed by atoms with Gasteiger partial charge in [-0.3, -0.25) is 9.56 Å². The Hall–Kier alpha value is -4.07. The van der Waals surface area contributed by atoms with Crippen LogP contribution in [0.3, 0.4) is 0 Å². The zero-order chi connectivity index (χ0) is 27.7. The molecule has 39 heavy (non-hydrogen) atoms. The maximum Gasteiger partial charge on any atom is 0.208 e. The fourth-order valence-corrected chi connectivity index (χ4v) is 5.20. The number of aryl methyl sites for hydroxylation is 1. The summed E-state index contributed by atoms with van der Waals surface area (Å²) in [4.78, 5) is 11.3. The van der Waals surface area contributed by atoms with Gasteiger partial charge in [0, 0.05) is 37.4 Å². The van der Waals surface area contributed by atoms with Crippen molar-refractivity contribution in [2.45, 2.75) is 46.0 Å². The highest BCUT2D eigenvalue weighted by atomic mass is 19.1. The number of nitrogens with one attached hydrogen (secondary N) is 1. The van der Waals surface area contributed by atoms with Gasteiger partial charge < -0.3 is 10.2 Å². The summed E-state index contributed by atoms with van der Waals surface area (Å²) in [5, 5.41) is 3.36. The highest BCUT2D eigenvalue weighted by Crippen LogP contribution is 2.31. The molecule has 2 heterocycles. The van der Waals surface area contributed by atoms with Crippen LogP contribution in [0.5, 0.6) is 0 Å². The van der Waals surface area contributed by atoms with Crippen LogP contribution < -0.4 is 10.2 Å². The number of aromatic nitrogens is 2. The van der Waals surface area contributed by atoms with E-state index in [2.05, 4.69) is 21.8 Å². The molecule has 0 spiro atoms. The number of para-hydroxylation sites is 2. The van der Waals surface area contributed by atoms with Gasteiger partial charge in [0.2, 0.25) is 5.95 Å². The van der Waals surface area contributed by atoms with E-state index in [1.54, 1.807) is 29.7 Å². The van der Waals surface area contributed by atoms with E-state index in [-0.39, 0.29) is 13.3 Å². The Morgan fingerprint density at radius 1 is 1.10 bits per heavy atom. The normalized spacial score (nSPS) is 15.5. The lowest BCUT2D eigenvalue weighted by Crippen LogP contribution is -2.40. The van der Waals surface area contributed by atoms with Gasteiger partial charge >= 0.3 is 0 Å². The van der Waals surface area contributed by atoms with E-state index in [9.17, 15) is 8.78 Å². The number of benzene rings is 3. The SMILES string of the molecule is C=C(C)N=C(c1cccc(F)c1)c1cc(F)c(NC2CCN(c3nc4ccccc4n3C(C)F)CC2)cc1C.[HH]. The summed E-state index contributed by atoms with van der Waals surface area (Å²) >= 11 is 0. The highest BCUT2D eigenvalue weighted by Gasteiger charge is 2.26. The minimum absolute atomic E-state index is 0. The van der Waals surface area contributed by atoms with E-state index in [1.807, 2.05) is 31.2 Å². The van der Waals surface area contributed by atoms with Gasteiger partial charge in [-0.15, -0.1) is 0 Å². The van der Waals surface area contributed by atoms with Crippen molar-refractivity contribution >= 4 is 28.4 Å². The van der Waals surface area contributed by atoms with Gasteiger partial charge in [-0.2, -0.15) is 0 Å². The molecule has 1 aliphatic heterocycles. The van der Waals surface area contributed by atoms with Crippen LogP contribution >= 0.6 is 0 Å². The molecule has 0 radical (unpaired) electrons. The molecule has 0 amide bonds. The summed E-state index contributed by atoms with van der Waals surface area (Å²) in [6, 6.07) is 16.9. The summed E-state index contributed by atoms with van der Waals surface area (Å²) in [6.45, 7) is 10.3. The molecule has 1 aromatic heterocycles. The monoisotopic (exact) mass is 533 g/mol. The molecular weight excluding hydrogens is 499 g/mol. The van der Waals surface area contributed by atoms with Crippen molar-refractivity contribution in [3.63, 3.8) is 0 Å². The van der Waals surface area contributed by atoms with Crippen LogP contribution in [-0.2, 0) is 0 Å². The van der Waals surface area contributed by atoms with Crippen LogP contribution in [-0.4, -0.2) is 34.4 Å². The first-order chi connectivity index (χ1) is 18.7. The molecule has 5 rings (SSSR count). The summed E-state index contributed by atoms with van der Waals surface area (Å²) in [6.07, 6.45) is 0.287. The molecule has 4 aromatic rings. The van der Waals surface area contributed by atoms with Crippen molar-refractivity contribution in [3.05, 3.63) is 101 Å². The lowest BCUT2D eigenvalue weighted by atomic mass is 9.96.